The Kier molecular flexibility index (Phi) is 4.87. The Hall–Kier alpha value is -0.580. The molecule has 1 fully saturated rings. The number of hydrogen-bond donors (Lipinski definition) is 1. The van der Waals surface area contributed by atoms with Crippen molar-refractivity contribution in [3.63, 3.8) is 0 Å². The van der Waals surface area contributed by atoms with Gasteiger partial charge in [0.15, 0.2) is 9.84 Å². The van der Waals surface area contributed by atoms with Gasteiger partial charge in [0.2, 0.25) is 0 Å². The van der Waals surface area contributed by atoms with E-state index in [1.165, 1.54) is 5.56 Å². The van der Waals surface area contributed by atoms with Crippen molar-refractivity contribution in [3.8, 4) is 0 Å². The number of sulfone groups is 1. The van der Waals surface area contributed by atoms with Gasteiger partial charge in [-0.3, -0.25) is 0 Å². The lowest BCUT2D eigenvalue weighted by atomic mass is 10.1. The number of nitrogens with one attached hydrogen (secondary N) is 1. The fraction of sp³-hybridized carbons (Fsp3) is 0.571. The van der Waals surface area contributed by atoms with E-state index in [4.69, 9.17) is 11.6 Å². The summed E-state index contributed by atoms with van der Waals surface area (Å²) in [5, 5.41) is 3.87. The van der Waals surface area contributed by atoms with Gasteiger partial charge in [0.1, 0.15) is 0 Å². The molecule has 1 heterocycles. The molecule has 106 valence electrons. The molecule has 0 bridgehead atoms. The van der Waals surface area contributed by atoms with Crippen molar-refractivity contribution in [2.45, 2.75) is 37.5 Å². The van der Waals surface area contributed by atoms with Gasteiger partial charge < -0.3 is 5.32 Å². The summed E-state index contributed by atoms with van der Waals surface area (Å²) in [5.41, 5.74) is 1.21. The van der Waals surface area contributed by atoms with E-state index in [1.807, 2.05) is 24.3 Å². The van der Waals surface area contributed by atoms with Crippen molar-refractivity contribution in [3.05, 3.63) is 34.9 Å². The van der Waals surface area contributed by atoms with Crippen LogP contribution in [0, 0.1) is 0 Å². The first-order chi connectivity index (χ1) is 8.97. The van der Waals surface area contributed by atoms with E-state index in [0.29, 0.717) is 12.3 Å². The maximum absolute atomic E-state index is 11.7. The molecule has 1 aromatic rings. The van der Waals surface area contributed by atoms with Gasteiger partial charge in [0.05, 0.1) is 11.0 Å². The van der Waals surface area contributed by atoms with Gasteiger partial charge in [-0.25, -0.2) is 8.42 Å². The number of halogens is 1. The summed E-state index contributed by atoms with van der Waals surface area (Å²) < 4.78 is 23.4. The predicted molar refractivity (Wildman–Crippen MR) is 79.4 cm³/mol. The molecule has 2 rings (SSSR count). The molecule has 1 aliphatic heterocycles. The third-order valence-corrected chi connectivity index (χ3v) is 6.14. The summed E-state index contributed by atoms with van der Waals surface area (Å²) >= 11 is 5.84. The second-order valence-electron chi connectivity index (χ2n) is 5.27. The van der Waals surface area contributed by atoms with Crippen LogP contribution < -0.4 is 5.32 Å². The molecule has 0 radical (unpaired) electrons. The molecule has 0 unspecified atom stereocenters. The summed E-state index contributed by atoms with van der Waals surface area (Å²) in [6, 6.07) is 8.03. The molecule has 0 amide bonds. The minimum atomic E-state index is -2.84. The maximum atomic E-state index is 11.7. The molecule has 19 heavy (non-hydrogen) atoms. The highest BCUT2D eigenvalue weighted by Crippen LogP contribution is 2.19. The van der Waals surface area contributed by atoms with Crippen LogP contribution in [0.5, 0.6) is 0 Å². The van der Waals surface area contributed by atoms with Crippen LogP contribution >= 0.6 is 11.6 Å². The second-order valence-corrected chi connectivity index (χ2v) is 8.11. The van der Waals surface area contributed by atoms with E-state index < -0.39 is 9.84 Å². The Morgan fingerprint density at radius 2 is 2.05 bits per heavy atom. The standard InChI is InChI=1S/C14H20ClNO2S/c1-11(9-12-4-6-13(15)7-5-12)16-10-14-3-2-8-19(14,17)18/h4-7,11,14,16H,2-3,8-10H2,1H3/t11-,14+/m1/s1. The van der Waals surface area contributed by atoms with Gasteiger partial charge >= 0.3 is 0 Å². The highest BCUT2D eigenvalue weighted by Gasteiger charge is 2.30. The molecular formula is C14H20ClNO2S. The molecule has 0 spiro atoms. The summed E-state index contributed by atoms with van der Waals surface area (Å²) in [7, 11) is -2.84. The summed E-state index contributed by atoms with van der Waals surface area (Å²) in [4.78, 5) is 0. The molecule has 0 aromatic heterocycles. The smallest absolute Gasteiger partial charge is 0.154 e. The van der Waals surface area contributed by atoms with Crippen molar-refractivity contribution in [1.29, 1.82) is 0 Å². The quantitative estimate of drug-likeness (QED) is 0.908. The highest BCUT2D eigenvalue weighted by molar-refractivity contribution is 7.92. The third kappa shape index (κ3) is 4.20. The molecule has 5 heteroatoms. The molecule has 3 nitrogen and oxygen atoms in total. The molecular weight excluding hydrogens is 282 g/mol. The predicted octanol–water partition coefficient (Wildman–Crippen LogP) is 2.44. The van der Waals surface area contributed by atoms with E-state index in [2.05, 4.69) is 12.2 Å². The Bertz CT molecular complexity index is 513. The van der Waals surface area contributed by atoms with Crippen molar-refractivity contribution < 1.29 is 8.42 Å². The largest absolute Gasteiger partial charge is 0.313 e. The zero-order chi connectivity index (χ0) is 13.9. The van der Waals surface area contributed by atoms with Gasteiger partial charge in [0.25, 0.3) is 0 Å². The minimum Gasteiger partial charge on any atom is -0.313 e. The number of rotatable bonds is 5. The lowest BCUT2D eigenvalue weighted by Crippen LogP contribution is -2.37. The molecule has 1 aliphatic rings. The van der Waals surface area contributed by atoms with Crippen molar-refractivity contribution in [2.75, 3.05) is 12.3 Å². The van der Waals surface area contributed by atoms with Crippen molar-refractivity contribution >= 4 is 21.4 Å². The topological polar surface area (TPSA) is 46.2 Å². The average Bonchev–Trinajstić information content (AvgIpc) is 2.69. The molecule has 2 atom stereocenters. The summed E-state index contributed by atoms with van der Waals surface area (Å²) in [6.07, 6.45) is 2.48. The molecule has 1 aromatic carbocycles. The number of hydrogen-bond acceptors (Lipinski definition) is 3. The second kappa shape index (κ2) is 6.25. The van der Waals surface area contributed by atoms with Crippen molar-refractivity contribution in [2.24, 2.45) is 0 Å². The van der Waals surface area contributed by atoms with Crippen LogP contribution in [0.4, 0.5) is 0 Å². The summed E-state index contributed by atoms with van der Waals surface area (Å²) in [6.45, 7) is 2.65. The van der Waals surface area contributed by atoms with Gasteiger partial charge in [-0.1, -0.05) is 23.7 Å². The van der Waals surface area contributed by atoms with E-state index in [0.717, 1.165) is 24.3 Å². The Balaban J connectivity index is 1.82. The molecule has 1 saturated heterocycles. The van der Waals surface area contributed by atoms with Crippen LogP contribution in [0.3, 0.4) is 0 Å². The van der Waals surface area contributed by atoms with Crippen LogP contribution in [0.25, 0.3) is 0 Å². The fourth-order valence-electron chi connectivity index (χ4n) is 2.47. The van der Waals surface area contributed by atoms with Crippen molar-refractivity contribution in [1.82, 2.24) is 5.32 Å². The highest BCUT2D eigenvalue weighted by atomic mass is 35.5. The summed E-state index contributed by atoms with van der Waals surface area (Å²) in [5.74, 6) is 0.352. The monoisotopic (exact) mass is 301 g/mol. The molecule has 0 saturated carbocycles. The van der Waals surface area contributed by atoms with E-state index in [-0.39, 0.29) is 11.3 Å². The van der Waals surface area contributed by atoms with Crippen LogP contribution in [0.2, 0.25) is 5.02 Å². The first-order valence-electron chi connectivity index (χ1n) is 6.67. The Labute approximate surface area is 120 Å². The lowest BCUT2D eigenvalue weighted by Gasteiger charge is -2.17. The number of benzene rings is 1. The normalized spacial score (nSPS) is 23.4. The molecule has 1 N–H and O–H groups in total. The first-order valence-corrected chi connectivity index (χ1v) is 8.76. The Morgan fingerprint density at radius 1 is 1.37 bits per heavy atom. The van der Waals surface area contributed by atoms with E-state index in [1.54, 1.807) is 0 Å². The first kappa shape index (κ1) is 14.8. The average molecular weight is 302 g/mol. The molecule has 0 aliphatic carbocycles. The van der Waals surface area contributed by atoms with Crippen LogP contribution in [0.15, 0.2) is 24.3 Å². The lowest BCUT2D eigenvalue weighted by molar-refractivity contribution is 0.521. The van der Waals surface area contributed by atoms with Gasteiger partial charge in [-0.2, -0.15) is 0 Å². The minimum absolute atomic E-state index is 0.194. The van der Waals surface area contributed by atoms with Crippen LogP contribution in [-0.2, 0) is 16.3 Å². The van der Waals surface area contributed by atoms with E-state index >= 15 is 0 Å². The fourth-order valence-corrected chi connectivity index (χ4v) is 4.37. The van der Waals surface area contributed by atoms with Gasteiger partial charge in [0, 0.05) is 17.6 Å². The zero-order valence-electron chi connectivity index (χ0n) is 11.1. The van der Waals surface area contributed by atoms with E-state index in [9.17, 15) is 8.42 Å². The zero-order valence-corrected chi connectivity index (χ0v) is 12.7. The van der Waals surface area contributed by atoms with Crippen LogP contribution in [0.1, 0.15) is 25.3 Å². The Morgan fingerprint density at radius 3 is 2.63 bits per heavy atom. The van der Waals surface area contributed by atoms with Crippen LogP contribution in [-0.4, -0.2) is 32.0 Å². The van der Waals surface area contributed by atoms with Gasteiger partial charge in [-0.05, 0) is 43.9 Å². The van der Waals surface area contributed by atoms with Gasteiger partial charge in [-0.15, -0.1) is 0 Å². The third-order valence-electron chi connectivity index (χ3n) is 3.61. The maximum Gasteiger partial charge on any atom is 0.154 e. The SMILES string of the molecule is C[C@H](Cc1ccc(Cl)cc1)NC[C@@H]1CCCS1(=O)=O.